The van der Waals surface area contributed by atoms with Crippen LogP contribution in [0.25, 0.3) is 0 Å². The third-order valence-corrected chi connectivity index (χ3v) is 4.66. The van der Waals surface area contributed by atoms with Gasteiger partial charge in [-0.15, -0.1) is 0 Å². The fraction of sp³-hybridized carbons (Fsp3) is 0.929. The summed E-state index contributed by atoms with van der Waals surface area (Å²) >= 11 is 0. The molecule has 1 aliphatic heterocycles. The molecule has 1 heterocycles. The number of ether oxygens (including phenoxy) is 1. The fourth-order valence-electron chi connectivity index (χ4n) is 3.29. The molecule has 4 heteroatoms. The molecule has 1 saturated heterocycles. The molecule has 1 N–H and O–H groups in total. The first-order valence-electron chi connectivity index (χ1n) is 7.19. The van der Waals surface area contributed by atoms with E-state index in [1.165, 1.54) is 0 Å². The van der Waals surface area contributed by atoms with E-state index in [0.717, 1.165) is 25.7 Å². The Morgan fingerprint density at radius 2 is 2.22 bits per heavy atom. The highest BCUT2D eigenvalue weighted by Crippen LogP contribution is 2.31. The average Bonchev–Trinajstić information content (AvgIpc) is 2.93. The van der Waals surface area contributed by atoms with Crippen molar-refractivity contribution >= 4 is 5.91 Å². The van der Waals surface area contributed by atoms with E-state index in [4.69, 9.17) is 4.74 Å². The van der Waals surface area contributed by atoms with Gasteiger partial charge in [-0.3, -0.25) is 10.1 Å². The van der Waals surface area contributed by atoms with Crippen molar-refractivity contribution in [3.8, 4) is 0 Å². The van der Waals surface area contributed by atoms with Gasteiger partial charge < -0.3 is 9.64 Å². The molecule has 5 atom stereocenters. The van der Waals surface area contributed by atoms with Crippen molar-refractivity contribution in [3.63, 3.8) is 0 Å². The molecule has 1 aliphatic carbocycles. The Kier molecular flexibility index (Phi) is 4.28. The van der Waals surface area contributed by atoms with Crippen LogP contribution in [0.3, 0.4) is 0 Å². The second-order valence-corrected chi connectivity index (χ2v) is 5.78. The molecular formula is C14H26N2O2. The predicted molar refractivity (Wildman–Crippen MR) is 71.1 cm³/mol. The van der Waals surface area contributed by atoms with Gasteiger partial charge in [0.15, 0.2) is 0 Å². The lowest BCUT2D eigenvalue weighted by Gasteiger charge is -2.28. The van der Waals surface area contributed by atoms with Gasteiger partial charge >= 0.3 is 0 Å². The van der Waals surface area contributed by atoms with E-state index in [9.17, 15) is 4.79 Å². The smallest absolute Gasteiger partial charge is 0.241 e. The first-order chi connectivity index (χ1) is 8.58. The Hall–Kier alpha value is -0.610. The van der Waals surface area contributed by atoms with E-state index in [1.807, 2.05) is 0 Å². The van der Waals surface area contributed by atoms with Crippen LogP contribution in [0.1, 0.15) is 46.5 Å². The summed E-state index contributed by atoms with van der Waals surface area (Å²) in [4.78, 5) is 14.6. The monoisotopic (exact) mass is 254 g/mol. The van der Waals surface area contributed by atoms with Gasteiger partial charge in [0, 0.05) is 13.2 Å². The Balaban J connectivity index is 2.03. The van der Waals surface area contributed by atoms with Gasteiger partial charge in [0.05, 0.1) is 18.3 Å². The van der Waals surface area contributed by atoms with Gasteiger partial charge in [-0.2, -0.15) is 0 Å². The molecule has 0 bridgehead atoms. The number of hydrogen-bond acceptors (Lipinski definition) is 3. The maximum atomic E-state index is 12.5. The summed E-state index contributed by atoms with van der Waals surface area (Å²) in [5, 5.41) is 3.45. The normalized spacial score (nSPS) is 38.4. The van der Waals surface area contributed by atoms with E-state index >= 15 is 0 Å². The zero-order valence-electron chi connectivity index (χ0n) is 12.0. The highest BCUT2D eigenvalue weighted by atomic mass is 16.5. The highest BCUT2D eigenvalue weighted by Gasteiger charge is 2.44. The summed E-state index contributed by atoms with van der Waals surface area (Å²) in [7, 11) is 1.77. The molecule has 0 aromatic heterocycles. The number of nitrogens with one attached hydrogen (secondary N) is 1. The van der Waals surface area contributed by atoms with Gasteiger partial charge in [0.25, 0.3) is 0 Å². The van der Waals surface area contributed by atoms with Crippen LogP contribution in [-0.2, 0) is 9.53 Å². The van der Waals surface area contributed by atoms with Crippen molar-refractivity contribution in [2.45, 2.75) is 70.8 Å². The largest absolute Gasteiger partial charge is 0.381 e. The molecule has 0 radical (unpaired) electrons. The lowest BCUT2D eigenvalue weighted by atomic mass is 9.99. The molecule has 18 heavy (non-hydrogen) atoms. The van der Waals surface area contributed by atoms with Gasteiger partial charge in [-0.25, -0.2) is 0 Å². The maximum Gasteiger partial charge on any atom is 0.241 e. The Labute approximate surface area is 110 Å². The zero-order valence-corrected chi connectivity index (χ0v) is 12.0. The topological polar surface area (TPSA) is 41.6 Å². The standard InChI is InChI=1S/C14H26N2O2/c1-5-9(2)13-14(17)16(10(3)15-13)11-6-7-12(8-11)18-4/h9-13,15H,5-8H2,1-4H3. The van der Waals surface area contributed by atoms with E-state index in [-0.39, 0.29) is 12.2 Å². The van der Waals surface area contributed by atoms with Crippen LogP contribution >= 0.6 is 0 Å². The number of rotatable bonds is 4. The number of methoxy groups -OCH3 is 1. The van der Waals surface area contributed by atoms with Crippen LogP contribution in [-0.4, -0.2) is 42.3 Å². The second kappa shape index (κ2) is 5.57. The predicted octanol–water partition coefficient (Wildman–Crippen LogP) is 1.75. The quantitative estimate of drug-likeness (QED) is 0.831. The maximum absolute atomic E-state index is 12.5. The first-order valence-corrected chi connectivity index (χ1v) is 7.19. The lowest BCUT2D eigenvalue weighted by Crippen LogP contribution is -2.42. The molecule has 5 unspecified atom stereocenters. The number of carbonyl (C=O) groups is 1. The van der Waals surface area contributed by atoms with E-state index in [1.54, 1.807) is 7.11 Å². The van der Waals surface area contributed by atoms with Crippen molar-refractivity contribution in [3.05, 3.63) is 0 Å². The van der Waals surface area contributed by atoms with Crippen molar-refractivity contribution in [2.24, 2.45) is 5.92 Å². The molecule has 4 nitrogen and oxygen atoms in total. The van der Waals surface area contributed by atoms with Crippen LogP contribution in [0.5, 0.6) is 0 Å². The highest BCUT2D eigenvalue weighted by molar-refractivity contribution is 5.85. The number of hydrogen-bond donors (Lipinski definition) is 1. The Morgan fingerprint density at radius 1 is 1.50 bits per heavy atom. The molecule has 2 fully saturated rings. The first kappa shape index (κ1) is 13.8. The summed E-state index contributed by atoms with van der Waals surface area (Å²) < 4.78 is 5.41. The minimum absolute atomic E-state index is 0.00611. The average molecular weight is 254 g/mol. The van der Waals surface area contributed by atoms with E-state index in [0.29, 0.717) is 24.0 Å². The zero-order chi connectivity index (χ0) is 13.3. The molecule has 0 aromatic carbocycles. The Bertz CT molecular complexity index is 308. The van der Waals surface area contributed by atoms with E-state index in [2.05, 4.69) is 31.0 Å². The number of nitrogens with zero attached hydrogens (tertiary/aromatic N) is 1. The van der Waals surface area contributed by atoms with Crippen molar-refractivity contribution in [2.75, 3.05) is 7.11 Å². The summed E-state index contributed by atoms with van der Waals surface area (Å²) in [5.74, 6) is 0.697. The molecule has 1 saturated carbocycles. The lowest BCUT2D eigenvalue weighted by molar-refractivity contribution is -0.132. The van der Waals surface area contributed by atoms with Crippen molar-refractivity contribution in [1.29, 1.82) is 0 Å². The van der Waals surface area contributed by atoms with E-state index < -0.39 is 0 Å². The molecular weight excluding hydrogens is 228 g/mol. The molecule has 0 spiro atoms. The molecule has 0 aromatic rings. The second-order valence-electron chi connectivity index (χ2n) is 5.78. The Morgan fingerprint density at radius 3 is 2.78 bits per heavy atom. The summed E-state index contributed by atoms with van der Waals surface area (Å²) in [5.41, 5.74) is 0. The van der Waals surface area contributed by atoms with Crippen LogP contribution in [0.4, 0.5) is 0 Å². The third kappa shape index (κ3) is 2.41. The third-order valence-electron chi connectivity index (χ3n) is 4.66. The minimum atomic E-state index is 0.00611. The van der Waals surface area contributed by atoms with Gasteiger partial charge in [-0.05, 0) is 32.1 Å². The number of carbonyl (C=O) groups excluding carboxylic acids is 1. The summed E-state index contributed by atoms with van der Waals surface area (Å²) in [6, 6.07) is 0.366. The molecule has 2 rings (SSSR count). The minimum Gasteiger partial charge on any atom is -0.381 e. The van der Waals surface area contributed by atoms with Crippen LogP contribution in [0.15, 0.2) is 0 Å². The molecule has 2 aliphatic rings. The van der Waals surface area contributed by atoms with Crippen LogP contribution < -0.4 is 5.32 Å². The SMILES string of the molecule is CCC(C)C1NC(C)N(C2CCC(OC)C2)C1=O. The van der Waals surface area contributed by atoms with Crippen molar-refractivity contribution < 1.29 is 9.53 Å². The summed E-state index contributed by atoms with van der Waals surface area (Å²) in [6.07, 6.45) is 4.67. The van der Waals surface area contributed by atoms with Gasteiger partial charge in [0.2, 0.25) is 5.91 Å². The molecule has 1 amide bonds. The fourth-order valence-corrected chi connectivity index (χ4v) is 3.29. The molecule has 104 valence electrons. The van der Waals surface area contributed by atoms with Crippen LogP contribution in [0.2, 0.25) is 0 Å². The van der Waals surface area contributed by atoms with Crippen LogP contribution in [0, 0.1) is 5.92 Å². The number of amides is 1. The van der Waals surface area contributed by atoms with Gasteiger partial charge in [0.1, 0.15) is 0 Å². The van der Waals surface area contributed by atoms with Crippen molar-refractivity contribution in [1.82, 2.24) is 10.2 Å². The van der Waals surface area contributed by atoms with Gasteiger partial charge in [-0.1, -0.05) is 20.3 Å². The summed E-state index contributed by atoms with van der Waals surface area (Å²) in [6.45, 7) is 6.39.